The van der Waals surface area contributed by atoms with E-state index in [2.05, 4.69) is 0 Å². The van der Waals surface area contributed by atoms with Crippen molar-refractivity contribution in [2.45, 2.75) is 66.2 Å². The second kappa shape index (κ2) is 14.8. The van der Waals surface area contributed by atoms with Gasteiger partial charge in [-0.05, 0) is 79.3 Å². The predicted octanol–water partition coefficient (Wildman–Crippen LogP) is 5.91. The lowest BCUT2D eigenvalue weighted by Gasteiger charge is -2.18. The molecule has 0 spiro atoms. The molecule has 218 valence electrons. The van der Waals surface area contributed by atoms with Crippen LogP contribution in [0.15, 0.2) is 44.6 Å². The van der Waals surface area contributed by atoms with Gasteiger partial charge in [-0.2, -0.15) is 0 Å². The molecule has 5 N–H and O–H groups in total. The van der Waals surface area contributed by atoms with E-state index in [4.69, 9.17) is 30.1 Å². The summed E-state index contributed by atoms with van der Waals surface area (Å²) in [5.41, 5.74) is 14.9. The van der Waals surface area contributed by atoms with E-state index in [-0.39, 0.29) is 22.1 Å². The Morgan fingerprint density at radius 3 is 1.90 bits per heavy atom. The Labute approximate surface area is 236 Å². The van der Waals surface area contributed by atoms with Crippen LogP contribution in [-0.4, -0.2) is 38.5 Å². The Morgan fingerprint density at radius 2 is 1.35 bits per heavy atom. The van der Waals surface area contributed by atoms with Crippen molar-refractivity contribution in [1.29, 1.82) is 0 Å². The van der Waals surface area contributed by atoms with Crippen molar-refractivity contribution in [1.82, 2.24) is 0 Å². The fraction of sp³-hybridized carbons (Fsp3) is 0.469. The Kier molecular flexibility index (Phi) is 11.5. The maximum Gasteiger partial charge on any atom is 0.204 e. The SMILES string of the molecule is COc1c(OCCCCN)cc2oc3cc(OCCCCN)c(CC=C(C)C)c(O)c3c(=O)c2c1CC=C(C)C. The van der Waals surface area contributed by atoms with Crippen molar-refractivity contribution >= 4 is 21.9 Å². The van der Waals surface area contributed by atoms with Crippen LogP contribution in [0.4, 0.5) is 0 Å². The van der Waals surface area contributed by atoms with E-state index >= 15 is 0 Å². The number of rotatable bonds is 15. The first-order chi connectivity index (χ1) is 19.2. The number of hydrogen-bond acceptors (Lipinski definition) is 8. The molecule has 0 atom stereocenters. The van der Waals surface area contributed by atoms with Gasteiger partial charge in [-0.3, -0.25) is 4.79 Å². The van der Waals surface area contributed by atoms with Crippen LogP contribution in [0, 0.1) is 0 Å². The lowest BCUT2D eigenvalue weighted by Crippen LogP contribution is -2.11. The lowest BCUT2D eigenvalue weighted by molar-refractivity contribution is 0.286. The van der Waals surface area contributed by atoms with Crippen LogP contribution in [0.2, 0.25) is 0 Å². The highest BCUT2D eigenvalue weighted by atomic mass is 16.5. The number of allylic oxidation sites excluding steroid dienone is 4. The van der Waals surface area contributed by atoms with Crippen molar-refractivity contribution in [3.05, 3.63) is 56.8 Å². The first-order valence-corrected chi connectivity index (χ1v) is 14.0. The summed E-state index contributed by atoms with van der Waals surface area (Å²) >= 11 is 0. The molecule has 8 heteroatoms. The van der Waals surface area contributed by atoms with E-state index in [1.54, 1.807) is 19.2 Å². The molecule has 0 saturated carbocycles. The maximum atomic E-state index is 14.1. The maximum absolute atomic E-state index is 14.1. The van der Waals surface area contributed by atoms with Gasteiger partial charge in [-0.25, -0.2) is 0 Å². The molecule has 1 heterocycles. The second-order valence-electron chi connectivity index (χ2n) is 10.4. The number of fused-ring (bicyclic) bond motifs is 2. The highest BCUT2D eigenvalue weighted by molar-refractivity contribution is 5.98. The third kappa shape index (κ3) is 7.37. The van der Waals surface area contributed by atoms with Gasteiger partial charge in [-0.1, -0.05) is 23.3 Å². The molecule has 0 amide bonds. The molecule has 1 aromatic heterocycles. The Balaban J connectivity index is 2.31. The summed E-state index contributed by atoms with van der Waals surface area (Å²) in [5, 5.41) is 12.0. The van der Waals surface area contributed by atoms with Gasteiger partial charge in [-0.15, -0.1) is 0 Å². The summed E-state index contributed by atoms with van der Waals surface area (Å²) < 4.78 is 24.3. The van der Waals surface area contributed by atoms with E-state index in [9.17, 15) is 9.90 Å². The van der Waals surface area contributed by atoms with Crippen molar-refractivity contribution in [2.75, 3.05) is 33.4 Å². The molecule has 3 aromatic rings. The third-order valence-electron chi connectivity index (χ3n) is 6.66. The molecule has 0 bridgehead atoms. The molecule has 8 nitrogen and oxygen atoms in total. The van der Waals surface area contributed by atoms with E-state index in [1.165, 1.54) is 0 Å². The summed E-state index contributed by atoms with van der Waals surface area (Å²) in [6.07, 6.45) is 8.09. The number of phenols is 1. The van der Waals surface area contributed by atoms with Gasteiger partial charge < -0.3 is 35.2 Å². The standard InChI is InChI=1S/C32H44N2O6/c1-20(2)10-12-22-24(38-16-8-6-14-33)18-26-29(30(22)35)31(36)28-23(13-11-21(3)4)32(37-5)27(19-25(28)40-26)39-17-9-7-15-34/h10-11,18-19,35H,6-9,12-17,33-34H2,1-5H3. The minimum Gasteiger partial charge on any atom is -0.507 e. The Bertz CT molecular complexity index is 1430. The monoisotopic (exact) mass is 552 g/mol. The first-order valence-electron chi connectivity index (χ1n) is 14.0. The van der Waals surface area contributed by atoms with Crippen LogP contribution in [0.1, 0.15) is 64.5 Å². The molecule has 40 heavy (non-hydrogen) atoms. The average molecular weight is 553 g/mol. The van der Waals surface area contributed by atoms with Crippen molar-refractivity contribution in [3.8, 4) is 23.0 Å². The number of nitrogens with two attached hydrogens (primary N) is 2. The molecule has 0 aliphatic rings. The molecule has 0 unspecified atom stereocenters. The quantitative estimate of drug-likeness (QED) is 0.120. The fourth-order valence-electron chi connectivity index (χ4n) is 4.52. The summed E-state index contributed by atoms with van der Waals surface area (Å²) in [6, 6.07) is 3.40. The van der Waals surface area contributed by atoms with Crippen LogP contribution >= 0.6 is 0 Å². The van der Waals surface area contributed by atoms with Gasteiger partial charge in [0.15, 0.2) is 11.5 Å². The number of methoxy groups -OCH3 is 1. The van der Waals surface area contributed by atoms with Gasteiger partial charge in [0.05, 0.1) is 25.7 Å². The fourth-order valence-corrected chi connectivity index (χ4v) is 4.52. The van der Waals surface area contributed by atoms with E-state index in [1.807, 2.05) is 39.8 Å². The number of phenolic OH excluding ortho intramolecular Hbond substituents is 1. The molecule has 0 saturated heterocycles. The molecule has 0 radical (unpaired) electrons. The second-order valence-corrected chi connectivity index (χ2v) is 10.4. The minimum atomic E-state index is -0.327. The normalized spacial score (nSPS) is 11.1. The van der Waals surface area contributed by atoms with Crippen molar-refractivity contribution in [3.63, 3.8) is 0 Å². The minimum absolute atomic E-state index is 0.121. The van der Waals surface area contributed by atoms with Crippen molar-refractivity contribution < 1.29 is 23.7 Å². The van der Waals surface area contributed by atoms with Crippen LogP contribution < -0.4 is 31.1 Å². The number of aromatic hydroxyl groups is 1. The van der Waals surface area contributed by atoms with E-state index < -0.39 is 0 Å². The van der Waals surface area contributed by atoms with Gasteiger partial charge in [0.2, 0.25) is 5.43 Å². The summed E-state index contributed by atoms with van der Waals surface area (Å²) in [4.78, 5) is 14.1. The molecular formula is C32H44N2O6. The van der Waals surface area contributed by atoms with Gasteiger partial charge in [0, 0.05) is 23.3 Å². The molecule has 0 aliphatic heterocycles. The number of hydrogen-bond donors (Lipinski definition) is 3. The Morgan fingerprint density at radius 1 is 0.825 bits per heavy atom. The molecule has 3 rings (SSSR count). The summed E-state index contributed by atoms with van der Waals surface area (Å²) in [6.45, 7) is 10.0. The van der Waals surface area contributed by atoms with E-state index in [0.29, 0.717) is 78.5 Å². The Hall–Kier alpha value is -3.49. The highest BCUT2D eigenvalue weighted by Crippen LogP contribution is 2.41. The highest BCUT2D eigenvalue weighted by Gasteiger charge is 2.24. The zero-order valence-electron chi connectivity index (χ0n) is 24.5. The predicted molar refractivity (Wildman–Crippen MR) is 162 cm³/mol. The van der Waals surface area contributed by atoms with Crippen LogP contribution in [0.3, 0.4) is 0 Å². The molecule has 0 aliphatic carbocycles. The summed E-state index contributed by atoms with van der Waals surface area (Å²) in [5.74, 6) is 1.33. The largest absolute Gasteiger partial charge is 0.507 e. The van der Waals surface area contributed by atoms with Crippen LogP contribution in [0.25, 0.3) is 21.9 Å². The topological polar surface area (TPSA) is 130 Å². The molecular weight excluding hydrogens is 508 g/mol. The van der Waals surface area contributed by atoms with Crippen molar-refractivity contribution in [2.24, 2.45) is 11.5 Å². The van der Waals surface area contributed by atoms with Gasteiger partial charge in [0.1, 0.15) is 28.1 Å². The van der Waals surface area contributed by atoms with Crippen LogP contribution in [-0.2, 0) is 12.8 Å². The number of ether oxygens (including phenoxy) is 3. The van der Waals surface area contributed by atoms with Gasteiger partial charge >= 0.3 is 0 Å². The number of benzene rings is 2. The van der Waals surface area contributed by atoms with E-state index in [0.717, 1.165) is 36.8 Å². The summed E-state index contributed by atoms with van der Waals surface area (Å²) in [7, 11) is 1.56. The third-order valence-corrected chi connectivity index (χ3v) is 6.66. The first kappa shape index (κ1) is 31.0. The average Bonchev–Trinajstić information content (AvgIpc) is 2.91. The molecule has 2 aromatic carbocycles. The zero-order chi connectivity index (χ0) is 29.2. The molecule has 0 fully saturated rings. The zero-order valence-corrected chi connectivity index (χ0v) is 24.5. The van der Waals surface area contributed by atoms with Gasteiger partial charge in [0.25, 0.3) is 0 Å². The lowest BCUT2D eigenvalue weighted by atomic mass is 9.98. The number of unbranched alkanes of at least 4 members (excludes halogenated alkanes) is 2. The van der Waals surface area contributed by atoms with Crippen LogP contribution in [0.5, 0.6) is 23.0 Å². The smallest absolute Gasteiger partial charge is 0.204 e.